The summed E-state index contributed by atoms with van der Waals surface area (Å²) in [5.74, 6) is 0.0243. The molecule has 0 heterocycles. The molecule has 5 heteroatoms. The molecule has 20 heavy (non-hydrogen) atoms. The van der Waals surface area contributed by atoms with Gasteiger partial charge in [0.05, 0.1) is 12.7 Å². The van der Waals surface area contributed by atoms with Crippen molar-refractivity contribution in [1.82, 2.24) is 0 Å². The highest BCUT2D eigenvalue weighted by molar-refractivity contribution is 5.91. The second-order valence-electron chi connectivity index (χ2n) is 3.79. The summed E-state index contributed by atoms with van der Waals surface area (Å²) in [6, 6.07) is 14.8. The first-order chi connectivity index (χ1) is 9.69. The van der Waals surface area contributed by atoms with E-state index >= 15 is 0 Å². The second kappa shape index (κ2) is 6.38. The van der Waals surface area contributed by atoms with Crippen LogP contribution in [0.15, 0.2) is 54.6 Å². The summed E-state index contributed by atoms with van der Waals surface area (Å²) in [5.41, 5.74) is 0.437. The molecule has 0 fully saturated rings. The van der Waals surface area contributed by atoms with Crippen LogP contribution in [0.2, 0.25) is 0 Å². The molecule has 0 aliphatic carbocycles. The molecule has 0 unspecified atom stereocenters. The molecule has 0 aliphatic heterocycles. The predicted molar refractivity (Wildman–Crippen MR) is 70.9 cm³/mol. The molecule has 0 aromatic heterocycles. The third-order valence-corrected chi connectivity index (χ3v) is 2.39. The molecule has 0 spiro atoms. The fourth-order valence-corrected chi connectivity index (χ4v) is 1.48. The van der Waals surface area contributed by atoms with E-state index in [2.05, 4.69) is 4.74 Å². The Morgan fingerprint density at radius 3 is 2.15 bits per heavy atom. The zero-order valence-corrected chi connectivity index (χ0v) is 10.7. The largest absolute Gasteiger partial charge is 0.513 e. The minimum atomic E-state index is -0.837. The molecule has 2 aromatic carbocycles. The predicted octanol–water partition coefficient (Wildman–Crippen LogP) is 3.05. The van der Waals surface area contributed by atoms with Crippen molar-refractivity contribution in [2.75, 3.05) is 7.11 Å². The normalized spacial score (nSPS) is 9.65. The summed E-state index contributed by atoms with van der Waals surface area (Å²) in [5, 5.41) is 0. The highest BCUT2D eigenvalue weighted by atomic mass is 16.7. The van der Waals surface area contributed by atoms with Gasteiger partial charge in [-0.15, -0.1) is 0 Å². The van der Waals surface area contributed by atoms with Crippen molar-refractivity contribution in [3.63, 3.8) is 0 Å². The maximum absolute atomic E-state index is 11.8. The van der Waals surface area contributed by atoms with Gasteiger partial charge in [0, 0.05) is 6.07 Å². The molecule has 2 aromatic rings. The summed E-state index contributed by atoms with van der Waals surface area (Å²) < 4.78 is 14.4. The van der Waals surface area contributed by atoms with Gasteiger partial charge in [0.2, 0.25) is 0 Å². The molecular formula is C15H12O5. The van der Waals surface area contributed by atoms with E-state index in [4.69, 9.17) is 9.47 Å². The first-order valence-corrected chi connectivity index (χ1v) is 5.82. The molecule has 0 amide bonds. The van der Waals surface area contributed by atoms with Crippen molar-refractivity contribution in [1.29, 1.82) is 0 Å². The Kier molecular flexibility index (Phi) is 4.34. The SMILES string of the molecule is COC(=O)Oc1cccc(OC(=O)c2ccccc2)c1. The standard InChI is InChI=1S/C15H12O5/c1-18-15(17)20-13-9-5-8-12(10-13)19-14(16)11-6-3-2-4-7-11/h2-10H,1H3. The van der Waals surface area contributed by atoms with E-state index in [1.54, 1.807) is 42.5 Å². The van der Waals surface area contributed by atoms with Crippen LogP contribution in [-0.2, 0) is 4.74 Å². The van der Waals surface area contributed by atoms with Gasteiger partial charge in [-0.25, -0.2) is 9.59 Å². The van der Waals surface area contributed by atoms with Crippen molar-refractivity contribution < 1.29 is 23.8 Å². The highest BCUT2D eigenvalue weighted by Gasteiger charge is 2.09. The summed E-state index contributed by atoms with van der Waals surface area (Å²) in [7, 11) is 1.21. The van der Waals surface area contributed by atoms with Crippen LogP contribution in [-0.4, -0.2) is 19.2 Å². The number of hydrogen-bond donors (Lipinski definition) is 0. The van der Waals surface area contributed by atoms with Crippen LogP contribution < -0.4 is 9.47 Å². The Morgan fingerprint density at radius 2 is 1.50 bits per heavy atom. The van der Waals surface area contributed by atoms with E-state index in [0.717, 1.165) is 0 Å². The van der Waals surface area contributed by atoms with E-state index in [-0.39, 0.29) is 11.5 Å². The number of hydrogen-bond acceptors (Lipinski definition) is 5. The van der Waals surface area contributed by atoms with Gasteiger partial charge in [-0.05, 0) is 24.3 Å². The topological polar surface area (TPSA) is 61.8 Å². The Balaban J connectivity index is 2.08. The quantitative estimate of drug-likeness (QED) is 0.488. The maximum Gasteiger partial charge on any atom is 0.513 e. The number of methoxy groups -OCH3 is 1. The molecule has 5 nitrogen and oxygen atoms in total. The zero-order valence-electron chi connectivity index (χ0n) is 10.7. The number of carbonyl (C=O) groups is 2. The Hall–Kier alpha value is -2.82. The summed E-state index contributed by atoms with van der Waals surface area (Å²) in [6.45, 7) is 0. The first kappa shape index (κ1) is 13.6. The molecule has 0 N–H and O–H groups in total. The second-order valence-corrected chi connectivity index (χ2v) is 3.79. The number of rotatable bonds is 3. The fraction of sp³-hybridized carbons (Fsp3) is 0.0667. The van der Waals surface area contributed by atoms with Crippen LogP contribution in [0, 0.1) is 0 Å². The smallest absolute Gasteiger partial charge is 0.437 e. The van der Waals surface area contributed by atoms with E-state index < -0.39 is 12.1 Å². The molecule has 2 rings (SSSR count). The van der Waals surface area contributed by atoms with Gasteiger partial charge in [0.25, 0.3) is 0 Å². The fourth-order valence-electron chi connectivity index (χ4n) is 1.48. The number of benzene rings is 2. The molecule has 0 saturated carbocycles. The molecule has 0 aliphatic rings. The minimum Gasteiger partial charge on any atom is -0.437 e. The van der Waals surface area contributed by atoms with Crippen molar-refractivity contribution in [3.05, 3.63) is 60.2 Å². The van der Waals surface area contributed by atoms with Crippen LogP contribution in [0.4, 0.5) is 4.79 Å². The van der Waals surface area contributed by atoms with E-state index in [0.29, 0.717) is 5.56 Å². The maximum atomic E-state index is 11.8. The van der Waals surface area contributed by atoms with Crippen molar-refractivity contribution in [2.24, 2.45) is 0 Å². The lowest BCUT2D eigenvalue weighted by molar-refractivity contribution is 0.0734. The van der Waals surface area contributed by atoms with Gasteiger partial charge in [-0.3, -0.25) is 0 Å². The average molecular weight is 272 g/mol. The van der Waals surface area contributed by atoms with Crippen molar-refractivity contribution >= 4 is 12.1 Å². The van der Waals surface area contributed by atoms with Gasteiger partial charge in [0.1, 0.15) is 11.5 Å². The Labute approximate surface area is 115 Å². The molecular weight excluding hydrogens is 260 g/mol. The molecule has 0 saturated heterocycles. The minimum absolute atomic E-state index is 0.232. The first-order valence-electron chi connectivity index (χ1n) is 5.82. The number of ether oxygens (including phenoxy) is 3. The number of esters is 1. The zero-order chi connectivity index (χ0) is 14.4. The lowest BCUT2D eigenvalue weighted by Crippen LogP contribution is -2.09. The Morgan fingerprint density at radius 1 is 0.850 bits per heavy atom. The van der Waals surface area contributed by atoms with Crippen LogP contribution >= 0.6 is 0 Å². The Bertz CT molecular complexity index is 607. The summed E-state index contributed by atoms with van der Waals surface area (Å²) in [6.07, 6.45) is -0.837. The molecule has 0 atom stereocenters. The highest BCUT2D eigenvalue weighted by Crippen LogP contribution is 2.20. The van der Waals surface area contributed by atoms with E-state index in [1.807, 2.05) is 6.07 Å². The molecule has 0 bridgehead atoms. The lowest BCUT2D eigenvalue weighted by atomic mass is 10.2. The van der Waals surface area contributed by atoms with Crippen LogP contribution in [0.1, 0.15) is 10.4 Å². The van der Waals surface area contributed by atoms with Crippen LogP contribution in [0.3, 0.4) is 0 Å². The van der Waals surface area contributed by atoms with Crippen molar-refractivity contribution in [3.8, 4) is 11.5 Å². The van der Waals surface area contributed by atoms with Gasteiger partial charge in [-0.2, -0.15) is 0 Å². The third-order valence-electron chi connectivity index (χ3n) is 2.39. The lowest BCUT2D eigenvalue weighted by Gasteiger charge is -2.06. The van der Waals surface area contributed by atoms with Gasteiger partial charge < -0.3 is 14.2 Å². The summed E-state index contributed by atoms with van der Waals surface area (Å²) >= 11 is 0. The van der Waals surface area contributed by atoms with Gasteiger partial charge in [-0.1, -0.05) is 24.3 Å². The van der Waals surface area contributed by atoms with Crippen LogP contribution in [0.25, 0.3) is 0 Å². The van der Waals surface area contributed by atoms with Gasteiger partial charge >= 0.3 is 12.1 Å². The average Bonchev–Trinajstić information content (AvgIpc) is 2.48. The van der Waals surface area contributed by atoms with Gasteiger partial charge in [0.15, 0.2) is 0 Å². The van der Waals surface area contributed by atoms with E-state index in [9.17, 15) is 9.59 Å². The van der Waals surface area contributed by atoms with E-state index in [1.165, 1.54) is 13.2 Å². The third kappa shape index (κ3) is 3.58. The molecule has 102 valence electrons. The van der Waals surface area contributed by atoms with Crippen LogP contribution in [0.5, 0.6) is 11.5 Å². The monoisotopic (exact) mass is 272 g/mol. The van der Waals surface area contributed by atoms with Crippen molar-refractivity contribution in [2.45, 2.75) is 0 Å². The number of carbonyl (C=O) groups excluding carboxylic acids is 2. The summed E-state index contributed by atoms with van der Waals surface area (Å²) in [4.78, 5) is 22.8. The molecule has 0 radical (unpaired) electrons.